The van der Waals surface area contributed by atoms with Crippen LogP contribution in [0.15, 0.2) is 21.3 Å². The molecule has 1 heterocycles. The van der Waals surface area contributed by atoms with E-state index in [0.29, 0.717) is 16.7 Å². The molecule has 0 saturated carbocycles. The van der Waals surface area contributed by atoms with Crippen LogP contribution in [-0.2, 0) is 7.05 Å². The van der Waals surface area contributed by atoms with Crippen molar-refractivity contribution < 1.29 is 8.81 Å². The molecular formula is C9H8FNO2. The van der Waals surface area contributed by atoms with E-state index in [1.165, 1.54) is 16.7 Å². The number of hydrogen-bond donors (Lipinski definition) is 0. The van der Waals surface area contributed by atoms with Gasteiger partial charge in [0.15, 0.2) is 5.58 Å². The second-order valence-electron chi connectivity index (χ2n) is 3.00. The third-order valence-electron chi connectivity index (χ3n) is 2.07. The van der Waals surface area contributed by atoms with Gasteiger partial charge >= 0.3 is 5.76 Å². The maximum Gasteiger partial charge on any atom is 0.419 e. The molecule has 68 valence electrons. The molecule has 0 aliphatic carbocycles. The van der Waals surface area contributed by atoms with Crippen molar-refractivity contribution in [2.45, 2.75) is 6.92 Å². The van der Waals surface area contributed by atoms with Crippen molar-refractivity contribution in [3.05, 3.63) is 34.1 Å². The molecule has 0 radical (unpaired) electrons. The predicted molar refractivity (Wildman–Crippen MR) is 46.2 cm³/mol. The Morgan fingerprint density at radius 2 is 2.15 bits per heavy atom. The van der Waals surface area contributed by atoms with Gasteiger partial charge in [-0.25, -0.2) is 9.18 Å². The highest BCUT2D eigenvalue weighted by Crippen LogP contribution is 2.16. The molecular weight excluding hydrogens is 173 g/mol. The van der Waals surface area contributed by atoms with Crippen LogP contribution in [0.2, 0.25) is 0 Å². The van der Waals surface area contributed by atoms with Crippen LogP contribution in [0.25, 0.3) is 11.1 Å². The number of oxazole rings is 1. The predicted octanol–water partition coefficient (Wildman–Crippen LogP) is 1.58. The Kier molecular flexibility index (Phi) is 1.52. The van der Waals surface area contributed by atoms with E-state index in [9.17, 15) is 9.18 Å². The zero-order chi connectivity index (χ0) is 9.59. The Bertz CT molecular complexity index is 524. The summed E-state index contributed by atoms with van der Waals surface area (Å²) < 4.78 is 19.2. The number of halogens is 1. The van der Waals surface area contributed by atoms with E-state index >= 15 is 0 Å². The minimum absolute atomic E-state index is 0.330. The number of nitrogens with zero attached hydrogens (tertiary/aromatic N) is 1. The molecule has 0 N–H and O–H groups in total. The van der Waals surface area contributed by atoms with Gasteiger partial charge in [0.05, 0.1) is 5.52 Å². The van der Waals surface area contributed by atoms with Crippen molar-refractivity contribution in [1.29, 1.82) is 0 Å². The maximum absolute atomic E-state index is 13.1. The van der Waals surface area contributed by atoms with Crippen molar-refractivity contribution in [3.63, 3.8) is 0 Å². The van der Waals surface area contributed by atoms with Gasteiger partial charge < -0.3 is 4.42 Å². The summed E-state index contributed by atoms with van der Waals surface area (Å²) in [6, 6.07) is 2.82. The van der Waals surface area contributed by atoms with Crippen LogP contribution in [0.4, 0.5) is 4.39 Å². The van der Waals surface area contributed by atoms with Gasteiger partial charge in [0, 0.05) is 13.1 Å². The molecule has 0 atom stereocenters. The second kappa shape index (κ2) is 2.45. The van der Waals surface area contributed by atoms with Gasteiger partial charge in [-0.2, -0.15) is 0 Å². The lowest BCUT2D eigenvalue weighted by molar-refractivity contribution is 0.527. The first kappa shape index (κ1) is 8.04. The Hall–Kier alpha value is -1.58. The molecule has 0 aliphatic heterocycles. The largest absolute Gasteiger partial charge is 0.419 e. The van der Waals surface area contributed by atoms with Crippen LogP contribution in [-0.4, -0.2) is 4.57 Å². The molecule has 0 saturated heterocycles. The number of benzene rings is 1. The fourth-order valence-electron chi connectivity index (χ4n) is 1.25. The van der Waals surface area contributed by atoms with Crippen LogP contribution in [0, 0.1) is 12.7 Å². The Morgan fingerprint density at radius 3 is 2.85 bits per heavy atom. The zero-order valence-electron chi connectivity index (χ0n) is 7.30. The molecule has 1 aromatic carbocycles. The number of aromatic nitrogens is 1. The maximum atomic E-state index is 13.1. The lowest BCUT2D eigenvalue weighted by Gasteiger charge is -1.95. The van der Waals surface area contributed by atoms with Crippen molar-refractivity contribution >= 4 is 11.1 Å². The molecule has 13 heavy (non-hydrogen) atoms. The van der Waals surface area contributed by atoms with Gasteiger partial charge in [-0.05, 0) is 18.6 Å². The summed E-state index contributed by atoms with van der Waals surface area (Å²) in [7, 11) is 1.54. The highest BCUT2D eigenvalue weighted by atomic mass is 19.1. The van der Waals surface area contributed by atoms with Gasteiger partial charge in [-0.15, -0.1) is 0 Å². The first-order valence-corrected chi connectivity index (χ1v) is 3.85. The van der Waals surface area contributed by atoms with Gasteiger partial charge in [-0.1, -0.05) is 0 Å². The van der Waals surface area contributed by atoms with Crippen LogP contribution >= 0.6 is 0 Å². The minimum atomic E-state index is -0.472. The third kappa shape index (κ3) is 1.06. The number of aryl methyl sites for hydroxylation is 2. The standard InChI is InChI=1S/C9H8FNO2/c1-5-3-8-7(4-6(5)10)11(2)9(12)13-8/h3-4H,1-2H3. The van der Waals surface area contributed by atoms with E-state index in [0.717, 1.165) is 0 Å². The summed E-state index contributed by atoms with van der Waals surface area (Å²) in [5.74, 6) is -0.802. The Balaban J connectivity index is 2.97. The van der Waals surface area contributed by atoms with Crippen molar-refractivity contribution in [2.75, 3.05) is 0 Å². The van der Waals surface area contributed by atoms with E-state index in [4.69, 9.17) is 4.42 Å². The summed E-state index contributed by atoms with van der Waals surface area (Å²) in [6.45, 7) is 1.63. The van der Waals surface area contributed by atoms with Gasteiger partial charge in [0.1, 0.15) is 5.82 Å². The average Bonchev–Trinajstić information content (AvgIpc) is 2.32. The summed E-state index contributed by atoms with van der Waals surface area (Å²) in [6.07, 6.45) is 0. The quantitative estimate of drug-likeness (QED) is 0.618. The molecule has 0 amide bonds. The first-order chi connectivity index (χ1) is 6.09. The van der Waals surface area contributed by atoms with Gasteiger partial charge in [0.25, 0.3) is 0 Å². The number of hydrogen-bond acceptors (Lipinski definition) is 2. The smallest absolute Gasteiger partial charge is 0.408 e. The SMILES string of the molecule is Cc1cc2oc(=O)n(C)c2cc1F. The molecule has 3 nitrogen and oxygen atoms in total. The highest BCUT2D eigenvalue weighted by molar-refractivity contribution is 5.73. The molecule has 0 spiro atoms. The molecule has 2 aromatic rings. The normalized spacial score (nSPS) is 11.0. The molecule has 1 aromatic heterocycles. The number of fused-ring (bicyclic) bond motifs is 1. The van der Waals surface area contributed by atoms with E-state index < -0.39 is 5.76 Å². The fraction of sp³-hybridized carbons (Fsp3) is 0.222. The minimum Gasteiger partial charge on any atom is -0.408 e. The average molecular weight is 181 g/mol. The Morgan fingerprint density at radius 1 is 1.46 bits per heavy atom. The molecule has 0 fully saturated rings. The number of rotatable bonds is 0. The molecule has 0 aliphatic rings. The van der Waals surface area contributed by atoms with Crippen LogP contribution in [0.1, 0.15) is 5.56 Å². The van der Waals surface area contributed by atoms with Crippen molar-refractivity contribution in [1.82, 2.24) is 4.57 Å². The lowest BCUT2D eigenvalue weighted by atomic mass is 10.2. The molecule has 0 bridgehead atoms. The Labute approximate surface area is 73.4 Å². The summed E-state index contributed by atoms with van der Waals surface area (Å²) >= 11 is 0. The van der Waals surface area contributed by atoms with Crippen LogP contribution in [0.3, 0.4) is 0 Å². The topological polar surface area (TPSA) is 35.1 Å². The summed E-state index contributed by atoms with van der Waals surface area (Å²) in [4.78, 5) is 11.0. The second-order valence-corrected chi connectivity index (χ2v) is 3.00. The lowest BCUT2D eigenvalue weighted by Crippen LogP contribution is -2.08. The van der Waals surface area contributed by atoms with E-state index in [-0.39, 0.29) is 5.82 Å². The van der Waals surface area contributed by atoms with Crippen molar-refractivity contribution in [3.8, 4) is 0 Å². The molecule has 0 unspecified atom stereocenters. The van der Waals surface area contributed by atoms with E-state index in [1.807, 2.05) is 0 Å². The third-order valence-corrected chi connectivity index (χ3v) is 2.07. The zero-order valence-corrected chi connectivity index (χ0v) is 7.30. The molecule has 2 rings (SSSR count). The monoisotopic (exact) mass is 181 g/mol. The van der Waals surface area contributed by atoms with Gasteiger partial charge in [-0.3, -0.25) is 4.57 Å². The van der Waals surface area contributed by atoms with Gasteiger partial charge in [0.2, 0.25) is 0 Å². The summed E-state index contributed by atoms with van der Waals surface area (Å²) in [5, 5.41) is 0. The fourth-order valence-corrected chi connectivity index (χ4v) is 1.25. The first-order valence-electron chi connectivity index (χ1n) is 3.85. The van der Waals surface area contributed by atoms with E-state index in [2.05, 4.69) is 0 Å². The van der Waals surface area contributed by atoms with Crippen LogP contribution in [0.5, 0.6) is 0 Å². The highest BCUT2D eigenvalue weighted by Gasteiger charge is 2.08. The van der Waals surface area contributed by atoms with Crippen molar-refractivity contribution in [2.24, 2.45) is 7.05 Å². The summed E-state index contributed by atoms with van der Waals surface area (Å²) in [5.41, 5.74) is 1.38. The molecule has 4 heteroatoms. The van der Waals surface area contributed by atoms with E-state index in [1.54, 1.807) is 14.0 Å². The van der Waals surface area contributed by atoms with Crippen LogP contribution < -0.4 is 5.76 Å².